The highest BCUT2D eigenvalue weighted by atomic mass is 32.2. The molecule has 1 nitrogen and oxygen atoms in total. The van der Waals surface area contributed by atoms with E-state index in [1.807, 2.05) is 11.8 Å². The van der Waals surface area contributed by atoms with Crippen LogP contribution in [-0.4, -0.2) is 5.75 Å². The van der Waals surface area contributed by atoms with Crippen molar-refractivity contribution in [1.29, 1.82) is 0 Å². The van der Waals surface area contributed by atoms with Gasteiger partial charge in [0.2, 0.25) is 0 Å². The SMILES string of the molecule is CCSCc1ccc(NCc2cccc(C)c2)cc1. The molecule has 2 aromatic rings. The second kappa shape index (κ2) is 7.25. The average molecular weight is 271 g/mol. The van der Waals surface area contributed by atoms with Gasteiger partial charge < -0.3 is 5.32 Å². The van der Waals surface area contributed by atoms with Crippen molar-refractivity contribution in [1.82, 2.24) is 0 Å². The lowest BCUT2D eigenvalue weighted by Gasteiger charge is -2.08. The topological polar surface area (TPSA) is 12.0 Å². The third-order valence-corrected chi connectivity index (χ3v) is 3.95. The largest absolute Gasteiger partial charge is 0.381 e. The molecule has 0 fully saturated rings. The second-order valence-electron chi connectivity index (χ2n) is 4.68. The predicted molar refractivity (Wildman–Crippen MR) is 86.8 cm³/mol. The molecule has 0 bridgehead atoms. The molecule has 0 unspecified atom stereocenters. The highest BCUT2D eigenvalue weighted by Gasteiger charge is 1.96. The van der Waals surface area contributed by atoms with Gasteiger partial charge in [-0.05, 0) is 35.9 Å². The van der Waals surface area contributed by atoms with Crippen LogP contribution in [0.25, 0.3) is 0 Å². The van der Waals surface area contributed by atoms with Gasteiger partial charge in [-0.1, -0.05) is 48.9 Å². The van der Waals surface area contributed by atoms with E-state index >= 15 is 0 Å². The maximum atomic E-state index is 3.46. The predicted octanol–water partition coefficient (Wildman–Crippen LogP) is 4.86. The fraction of sp³-hybridized carbons (Fsp3) is 0.294. The molecule has 100 valence electrons. The van der Waals surface area contributed by atoms with Gasteiger partial charge in [0.25, 0.3) is 0 Å². The van der Waals surface area contributed by atoms with Crippen LogP contribution in [0.3, 0.4) is 0 Å². The van der Waals surface area contributed by atoms with Crippen molar-refractivity contribution in [2.45, 2.75) is 26.1 Å². The minimum absolute atomic E-state index is 0.880. The second-order valence-corrected chi connectivity index (χ2v) is 5.95. The van der Waals surface area contributed by atoms with Crippen LogP contribution >= 0.6 is 11.8 Å². The summed E-state index contributed by atoms with van der Waals surface area (Å²) in [6, 6.07) is 17.4. The van der Waals surface area contributed by atoms with Gasteiger partial charge in [-0.25, -0.2) is 0 Å². The number of aryl methyl sites for hydroxylation is 1. The molecule has 0 aromatic heterocycles. The van der Waals surface area contributed by atoms with E-state index in [-0.39, 0.29) is 0 Å². The molecule has 0 amide bonds. The van der Waals surface area contributed by atoms with Gasteiger partial charge in [0.1, 0.15) is 0 Å². The van der Waals surface area contributed by atoms with E-state index in [0.717, 1.165) is 12.3 Å². The van der Waals surface area contributed by atoms with Gasteiger partial charge in [-0.2, -0.15) is 11.8 Å². The smallest absolute Gasteiger partial charge is 0.0400 e. The first kappa shape index (κ1) is 14.0. The lowest BCUT2D eigenvalue weighted by molar-refractivity contribution is 1.14. The summed E-state index contributed by atoms with van der Waals surface area (Å²) in [6.07, 6.45) is 0. The first-order valence-electron chi connectivity index (χ1n) is 6.74. The number of rotatable bonds is 6. The van der Waals surface area contributed by atoms with Crippen LogP contribution in [0, 0.1) is 6.92 Å². The molecule has 2 rings (SSSR count). The summed E-state index contributed by atoms with van der Waals surface area (Å²) in [5.74, 6) is 2.28. The molecule has 0 aliphatic carbocycles. The van der Waals surface area contributed by atoms with Gasteiger partial charge in [-0.3, -0.25) is 0 Å². The number of hydrogen-bond acceptors (Lipinski definition) is 2. The highest BCUT2D eigenvalue weighted by Crippen LogP contribution is 2.16. The summed E-state index contributed by atoms with van der Waals surface area (Å²) in [5, 5.41) is 3.46. The van der Waals surface area contributed by atoms with E-state index in [1.54, 1.807) is 0 Å². The van der Waals surface area contributed by atoms with Crippen LogP contribution in [-0.2, 0) is 12.3 Å². The average Bonchev–Trinajstić information content (AvgIpc) is 2.44. The minimum Gasteiger partial charge on any atom is -0.381 e. The minimum atomic E-state index is 0.880. The van der Waals surface area contributed by atoms with Crippen molar-refractivity contribution < 1.29 is 0 Å². The first-order chi connectivity index (χ1) is 9.28. The summed E-state index contributed by atoms with van der Waals surface area (Å²) >= 11 is 1.96. The molecule has 0 spiro atoms. The van der Waals surface area contributed by atoms with Crippen molar-refractivity contribution in [3.05, 3.63) is 65.2 Å². The van der Waals surface area contributed by atoms with Gasteiger partial charge in [-0.15, -0.1) is 0 Å². The van der Waals surface area contributed by atoms with Crippen molar-refractivity contribution in [2.24, 2.45) is 0 Å². The Labute approximate surface area is 120 Å². The molecule has 2 heteroatoms. The van der Waals surface area contributed by atoms with E-state index < -0.39 is 0 Å². The van der Waals surface area contributed by atoms with Crippen molar-refractivity contribution in [3.8, 4) is 0 Å². The summed E-state index contributed by atoms with van der Waals surface area (Å²) < 4.78 is 0. The van der Waals surface area contributed by atoms with Crippen molar-refractivity contribution >= 4 is 17.4 Å². The summed E-state index contributed by atoms with van der Waals surface area (Å²) in [4.78, 5) is 0. The van der Waals surface area contributed by atoms with Crippen LogP contribution in [0.5, 0.6) is 0 Å². The molecular weight excluding hydrogens is 250 g/mol. The van der Waals surface area contributed by atoms with E-state index in [2.05, 4.69) is 67.7 Å². The Balaban J connectivity index is 1.89. The molecule has 0 saturated heterocycles. The standard InChI is InChI=1S/C17H21NS/c1-3-19-13-15-7-9-17(10-8-15)18-12-16-6-4-5-14(2)11-16/h4-11,18H,3,12-13H2,1-2H3. The third-order valence-electron chi connectivity index (χ3n) is 3.01. The van der Waals surface area contributed by atoms with Gasteiger partial charge in [0.05, 0.1) is 0 Å². The van der Waals surface area contributed by atoms with Crippen molar-refractivity contribution in [3.63, 3.8) is 0 Å². The number of benzene rings is 2. The summed E-state index contributed by atoms with van der Waals surface area (Å²) in [6.45, 7) is 5.21. The normalized spacial score (nSPS) is 10.4. The van der Waals surface area contributed by atoms with E-state index in [4.69, 9.17) is 0 Å². The van der Waals surface area contributed by atoms with Crippen LogP contribution < -0.4 is 5.32 Å². The molecule has 0 radical (unpaired) electrons. The van der Waals surface area contributed by atoms with E-state index in [0.29, 0.717) is 0 Å². The van der Waals surface area contributed by atoms with Gasteiger partial charge >= 0.3 is 0 Å². The Kier molecular flexibility index (Phi) is 5.34. The number of anilines is 1. The Bertz CT molecular complexity index is 505. The molecular formula is C17H21NS. The molecule has 2 aromatic carbocycles. The van der Waals surface area contributed by atoms with Crippen LogP contribution in [0.1, 0.15) is 23.6 Å². The van der Waals surface area contributed by atoms with Crippen molar-refractivity contribution in [2.75, 3.05) is 11.1 Å². The zero-order chi connectivity index (χ0) is 13.5. The number of hydrogen-bond donors (Lipinski definition) is 1. The Morgan fingerprint density at radius 3 is 2.47 bits per heavy atom. The maximum Gasteiger partial charge on any atom is 0.0400 e. The Morgan fingerprint density at radius 1 is 1.00 bits per heavy atom. The molecule has 0 saturated carbocycles. The lowest BCUT2D eigenvalue weighted by atomic mass is 10.1. The fourth-order valence-electron chi connectivity index (χ4n) is 1.96. The summed E-state index contributed by atoms with van der Waals surface area (Å²) in [7, 11) is 0. The Hall–Kier alpha value is -1.41. The molecule has 19 heavy (non-hydrogen) atoms. The first-order valence-corrected chi connectivity index (χ1v) is 7.89. The van der Waals surface area contributed by atoms with Crippen LogP contribution in [0.4, 0.5) is 5.69 Å². The number of thioether (sulfide) groups is 1. The third kappa shape index (κ3) is 4.64. The van der Waals surface area contributed by atoms with E-state index in [9.17, 15) is 0 Å². The monoisotopic (exact) mass is 271 g/mol. The molecule has 1 N–H and O–H groups in total. The molecule has 0 atom stereocenters. The Morgan fingerprint density at radius 2 is 1.79 bits per heavy atom. The summed E-state index contributed by atoms with van der Waals surface area (Å²) in [5.41, 5.74) is 5.22. The number of nitrogens with one attached hydrogen (secondary N) is 1. The van der Waals surface area contributed by atoms with Gasteiger partial charge in [0, 0.05) is 18.0 Å². The zero-order valence-electron chi connectivity index (χ0n) is 11.6. The zero-order valence-corrected chi connectivity index (χ0v) is 12.5. The lowest BCUT2D eigenvalue weighted by Crippen LogP contribution is -1.99. The molecule has 0 aliphatic rings. The van der Waals surface area contributed by atoms with E-state index in [1.165, 1.54) is 28.1 Å². The highest BCUT2D eigenvalue weighted by molar-refractivity contribution is 7.98. The van der Waals surface area contributed by atoms with Gasteiger partial charge in [0.15, 0.2) is 0 Å². The fourth-order valence-corrected chi connectivity index (χ4v) is 2.60. The quantitative estimate of drug-likeness (QED) is 0.805. The van der Waals surface area contributed by atoms with Crippen LogP contribution in [0.15, 0.2) is 48.5 Å². The maximum absolute atomic E-state index is 3.46. The molecule has 0 heterocycles. The molecule has 0 aliphatic heterocycles. The van der Waals surface area contributed by atoms with Crippen LogP contribution in [0.2, 0.25) is 0 Å².